The molecule has 0 amide bonds. The lowest BCUT2D eigenvalue weighted by Crippen LogP contribution is -1.95. The van der Waals surface area contributed by atoms with Crippen molar-refractivity contribution in [3.8, 4) is 5.75 Å². The molecule has 0 aromatic heterocycles. The van der Waals surface area contributed by atoms with Gasteiger partial charge >= 0.3 is 0 Å². The van der Waals surface area contributed by atoms with Gasteiger partial charge in [-0.05, 0) is 36.1 Å². The first-order chi connectivity index (χ1) is 7.58. The van der Waals surface area contributed by atoms with Crippen LogP contribution in [-0.2, 0) is 0 Å². The lowest BCUT2D eigenvalue weighted by Gasteiger charge is -2.09. The summed E-state index contributed by atoms with van der Waals surface area (Å²) in [6.45, 7) is 6.49. The predicted octanol–water partition coefficient (Wildman–Crippen LogP) is 4.44. The van der Waals surface area contributed by atoms with Gasteiger partial charge < -0.3 is 4.74 Å². The third kappa shape index (κ3) is 3.38. The van der Waals surface area contributed by atoms with Crippen molar-refractivity contribution in [2.24, 2.45) is 5.92 Å². The van der Waals surface area contributed by atoms with Gasteiger partial charge in [0.2, 0.25) is 0 Å². The lowest BCUT2D eigenvalue weighted by atomic mass is 10.0. The summed E-state index contributed by atoms with van der Waals surface area (Å²) in [4.78, 5) is 0. The fraction of sp³-hybridized carbons (Fsp3) is 0.429. The molecule has 0 atom stereocenters. The first-order valence-corrected chi connectivity index (χ1v) is 6.61. The second-order valence-corrected chi connectivity index (χ2v) is 4.80. The molecule has 0 aliphatic rings. The highest BCUT2D eigenvalue weighted by Gasteiger charge is 2.03. The molecule has 2 heteroatoms. The number of ether oxygens (including phenoxy) is 1. The average molecular weight is 283 g/mol. The van der Waals surface area contributed by atoms with Crippen LogP contribution < -0.4 is 4.74 Å². The van der Waals surface area contributed by atoms with Gasteiger partial charge in [-0.1, -0.05) is 47.5 Å². The number of benzene rings is 1. The Hall–Kier alpha value is -0.760. The van der Waals surface area contributed by atoms with Crippen molar-refractivity contribution in [3.63, 3.8) is 0 Å². The van der Waals surface area contributed by atoms with Crippen molar-refractivity contribution in [1.82, 2.24) is 0 Å². The van der Waals surface area contributed by atoms with E-state index in [1.807, 2.05) is 6.07 Å². The van der Waals surface area contributed by atoms with E-state index in [1.165, 1.54) is 16.7 Å². The van der Waals surface area contributed by atoms with E-state index in [0.717, 1.165) is 11.1 Å². The zero-order chi connectivity index (χ0) is 12.1. The molecular formula is C14H19BrO. The summed E-state index contributed by atoms with van der Waals surface area (Å²) in [6, 6.07) is 6.27. The lowest BCUT2D eigenvalue weighted by molar-refractivity contribution is 0.411. The summed E-state index contributed by atoms with van der Waals surface area (Å²) in [6.07, 6.45) is 2.24. The van der Waals surface area contributed by atoms with Crippen molar-refractivity contribution >= 4 is 22.0 Å². The van der Waals surface area contributed by atoms with E-state index in [2.05, 4.69) is 54.9 Å². The molecule has 1 rings (SSSR count). The number of halogens is 1. The number of hydrogen-bond acceptors (Lipinski definition) is 1. The van der Waals surface area contributed by atoms with Crippen molar-refractivity contribution in [2.45, 2.75) is 20.8 Å². The first-order valence-electron chi connectivity index (χ1n) is 5.49. The second kappa shape index (κ2) is 6.09. The summed E-state index contributed by atoms with van der Waals surface area (Å²) >= 11 is 3.53. The van der Waals surface area contributed by atoms with Gasteiger partial charge in [0.25, 0.3) is 0 Å². The molecule has 16 heavy (non-hydrogen) atoms. The first kappa shape index (κ1) is 13.3. The molecule has 1 nitrogen and oxygen atoms in total. The van der Waals surface area contributed by atoms with Gasteiger partial charge in [0.05, 0.1) is 7.11 Å². The van der Waals surface area contributed by atoms with Crippen LogP contribution in [0.3, 0.4) is 0 Å². The van der Waals surface area contributed by atoms with Crippen LogP contribution in [0, 0.1) is 12.8 Å². The molecule has 0 aliphatic carbocycles. The summed E-state index contributed by atoms with van der Waals surface area (Å²) in [5.41, 5.74) is 3.82. The Labute approximate surface area is 107 Å². The number of alkyl halides is 1. The Balaban J connectivity index is 3.01. The van der Waals surface area contributed by atoms with Gasteiger partial charge in [0.1, 0.15) is 5.75 Å². The molecule has 1 aromatic rings. The normalized spacial score (nSPS) is 12.0. The average Bonchev–Trinajstić information content (AvgIpc) is 2.25. The zero-order valence-corrected chi connectivity index (χ0v) is 12.0. The Kier molecular flexibility index (Phi) is 5.07. The van der Waals surface area contributed by atoms with E-state index in [0.29, 0.717) is 5.92 Å². The Morgan fingerprint density at radius 2 is 2.12 bits per heavy atom. The summed E-state index contributed by atoms with van der Waals surface area (Å²) in [7, 11) is 1.70. The van der Waals surface area contributed by atoms with Crippen molar-refractivity contribution in [2.75, 3.05) is 12.4 Å². The van der Waals surface area contributed by atoms with Crippen LogP contribution in [0.4, 0.5) is 0 Å². The van der Waals surface area contributed by atoms with E-state index in [9.17, 15) is 0 Å². The second-order valence-electron chi connectivity index (χ2n) is 4.24. The molecule has 0 unspecified atom stereocenters. The molecule has 0 spiro atoms. The minimum absolute atomic E-state index is 0.571. The summed E-state index contributed by atoms with van der Waals surface area (Å²) < 4.78 is 5.25. The minimum atomic E-state index is 0.571. The minimum Gasteiger partial charge on any atom is -0.496 e. The maximum absolute atomic E-state index is 5.25. The van der Waals surface area contributed by atoms with Crippen molar-refractivity contribution < 1.29 is 4.74 Å². The van der Waals surface area contributed by atoms with E-state index < -0.39 is 0 Å². The van der Waals surface area contributed by atoms with Gasteiger partial charge in [-0.2, -0.15) is 0 Å². The van der Waals surface area contributed by atoms with Gasteiger partial charge in [-0.25, -0.2) is 0 Å². The van der Waals surface area contributed by atoms with Crippen molar-refractivity contribution in [1.29, 1.82) is 0 Å². The molecule has 1 aromatic carbocycles. The molecule has 0 N–H and O–H groups in total. The van der Waals surface area contributed by atoms with Crippen LogP contribution in [0.2, 0.25) is 0 Å². The molecule has 0 saturated carbocycles. The quantitative estimate of drug-likeness (QED) is 0.742. The number of hydrogen-bond donors (Lipinski definition) is 0. The number of rotatable bonds is 4. The molecule has 0 radical (unpaired) electrons. The molecule has 0 fully saturated rings. The van der Waals surface area contributed by atoms with E-state index in [4.69, 9.17) is 4.74 Å². The van der Waals surface area contributed by atoms with Crippen LogP contribution in [0.25, 0.3) is 6.08 Å². The summed E-state index contributed by atoms with van der Waals surface area (Å²) in [5, 5.41) is 0.926. The van der Waals surface area contributed by atoms with Crippen LogP contribution in [0.5, 0.6) is 5.75 Å². The Morgan fingerprint density at radius 1 is 1.44 bits per heavy atom. The smallest absolute Gasteiger partial charge is 0.121 e. The predicted molar refractivity (Wildman–Crippen MR) is 74.3 cm³/mol. The molecular weight excluding hydrogens is 264 g/mol. The van der Waals surface area contributed by atoms with Crippen LogP contribution in [0.15, 0.2) is 23.8 Å². The van der Waals surface area contributed by atoms with Gasteiger partial charge in [0.15, 0.2) is 0 Å². The zero-order valence-electron chi connectivity index (χ0n) is 10.4. The fourth-order valence-electron chi connectivity index (χ4n) is 1.57. The van der Waals surface area contributed by atoms with Gasteiger partial charge in [-0.15, -0.1) is 0 Å². The number of methoxy groups -OCH3 is 1. The topological polar surface area (TPSA) is 9.23 Å². The third-order valence-corrected chi connectivity index (χ3v) is 3.31. The highest BCUT2D eigenvalue weighted by Crippen LogP contribution is 2.22. The highest BCUT2D eigenvalue weighted by molar-refractivity contribution is 9.09. The van der Waals surface area contributed by atoms with Gasteiger partial charge in [-0.3, -0.25) is 0 Å². The standard InChI is InChI=1S/C14H19BrO/c1-10(2)13(9-15)8-12-5-6-14(16-4)11(3)7-12/h5-8,10H,9H2,1-4H3. The Bertz CT molecular complexity index is 380. The third-order valence-electron chi connectivity index (χ3n) is 2.67. The fourth-order valence-corrected chi connectivity index (χ4v) is 2.37. The van der Waals surface area contributed by atoms with E-state index >= 15 is 0 Å². The van der Waals surface area contributed by atoms with E-state index in [1.54, 1.807) is 7.11 Å². The number of aryl methyl sites for hydroxylation is 1. The number of allylic oxidation sites excluding steroid dienone is 1. The molecule has 0 heterocycles. The largest absolute Gasteiger partial charge is 0.496 e. The summed E-state index contributed by atoms with van der Waals surface area (Å²) in [5.74, 6) is 1.52. The highest BCUT2D eigenvalue weighted by atomic mass is 79.9. The van der Waals surface area contributed by atoms with Crippen LogP contribution in [-0.4, -0.2) is 12.4 Å². The van der Waals surface area contributed by atoms with E-state index in [-0.39, 0.29) is 0 Å². The van der Waals surface area contributed by atoms with Crippen LogP contribution in [0.1, 0.15) is 25.0 Å². The molecule has 0 bridgehead atoms. The molecule has 0 saturated heterocycles. The van der Waals surface area contributed by atoms with Gasteiger partial charge in [0, 0.05) is 5.33 Å². The molecule has 88 valence electrons. The van der Waals surface area contributed by atoms with Crippen LogP contribution >= 0.6 is 15.9 Å². The monoisotopic (exact) mass is 282 g/mol. The maximum atomic E-state index is 5.25. The molecule has 0 aliphatic heterocycles. The maximum Gasteiger partial charge on any atom is 0.121 e. The Morgan fingerprint density at radius 3 is 2.56 bits per heavy atom. The SMILES string of the molecule is COc1ccc(C=C(CBr)C(C)C)cc1C. The van der Waals surface area contributed by atoms with Crippen molar-refractivity contribution in [3.05, 3.63) is 34.9 Å².